The lowest BCUT2D eigenvalue weighted by Gasteiger charge is -2.00. The van der Waals surface area contributed by atoms with E-state index < -0.39 is 0 Å². The summed E-state index contributed by atoms with van der Waals surface area (Å²) in [5.74, 6) is 0. The van der Waals surface area contributed by atoms with Gasteiger partial charge in [-0.05, 0) is 31.1 Å². The normalized spacial score (nSPS) is 8.58. The number of para-hydroxylation sites is 1. The van der Waals surface area contributed by atoms with Gasteiger partial charge in [0.05, 0.1) is 11.4 Å². The SMILES string of the molecule is CSC.Cc1cccc(N)c1N. The van der Waals surface area contributed by atoms with Crippen molar-refractivity contribution in [2.45, 2.75) is 6.92 Å². The Morgan fingerprint density at radius 3 is 2.00 bits per heavy atom. The van der Waals surface area contributed by atoms with E-state index in [1.807, 2.05) is 31.6 Å². The van der Waals surface area contributed by atoms with Crippen LogP contribution in [-0.2, 0) is 0 Å². The first-order valence-corrected chi connectivity index (χ1v) is 5.27. The third kappa shape index (κ3) is 3.53. The van der Waals surface area contributed by atoms with E-state index in [1.165, 1.54) is 0 Å². The fourth-order valence-electron chi connectivity index (χ4n) is 0.703. The molecule has 0 spiro atoms. The summed E-state index contributed by atoms with van der Waals surface area (Å²) in [6.07, 6.45) is 4.08. The molecule has 3 heteroatoms. The van der Waals surface area contributed by atoms with Crippen LogP contribution in [0.1, 0.15) is 5.56 Å². The summed E-state index contributed by atoms with van der Waals surface area (Å²) in [6.45, 7) is 1.94. The summed E-state index contributed by atoms with van der Waals surface area (Å²) in [5.41, 5.74) is 13.4. The summed E-state index contributed by atoms with van der Waals surface area (Å²) in [7, 11) is 0. The van der Waals surface area contributed by atoms with Gasteiger partial charge in [-0.2, -0.15) is 11.8 Å². The average molecular weight is 184 g/mol. The summed E-state index contributed by atoms with van der Waals surface area (Å²) < 4.78 is 0. The molecule has 0 saturated carbocycles. The fraction of sp³-hybridized carbons (Fsp3) is 0.333. The maximum atomic E-state index is 5.56. The van der Waals surface area contributed by atoms with E-state index in [-0.39, 0.29) is 0 Å². The lowest BCUT2D eigenvalue weighted by Crippen LogP contribution is -1.95. The van der Waals surface area contributed by atoms with Crippen molar-refractivity contribution in [3.8, 4) is 0 Å². The number of nitrogens with two attached hydrogens (primary N) is 2. The van der Waals surface area contributed by atoms with Crippen molar-refractivity contribution in [3.05, 3.63) is 23.8 Å². The smallest absolute Gasteiger partial charge is 0.0577 e. The molecule has 0 aliphatic heterocycles. The predicted molar refractivity (Wildman–Crippen MR) is 59.4 cm³/mol. The van der Waals surface area contributed by atoms with Gasteiger partial charge in [-0.25, -0.2) is 0 Å². The summed E-state index contributed by atoms with van der Waals surface area (Å²) in [5, 5.41) is 0. The zero-order chi connectivity index (χ0) is 9.56. The van der Waals surface area contributed by atoms with Crippen LogP contribution in [0.25, 0.3) is 0 Å². The third-order valence-corrected chi connectivity index (χ3v) is 1.36. The molecule has 0 fully saturated rings. The monoisotopic (exact) mass is 184 g/mol. The Morgan fingerprint density at radius 1 is 1.17 bits per heavy atom. The topological polar surface area (TPSA) is 52.0 Å². The van der Waals surface area contributed by atoms with Crippen molar-refractivity contribution >= 4 is 23.1 Å². The summed E-state index contributed by atoms with van der Waals surface area (Å²) in [4.78, 5) is 0. The average Bonchev–Trinajstić information content (AvgIpc) is 2.02. The second-order valence-electron chi connectivity index (χ2n) is 2.49. The van der Waals surface area contributed by atoms with Crippen molar-refractivity contribution in [3.63, 3.8) is 0 Å². The summed E-state index contributed by atoms with van der Waals surface area (Å²) in [6, 6.07) is 5.62. The minimum absolute atomic E-state index is 0.662. The Labute approximate surface area is 78.3 Å². The Kier molecular flexibility index (Phi) is 5.37. The van der Waals surface area contributed by atoms with Gasteiger partial charge >= 0.3 is 0 Å². The number of nitrogen functional groups attached to an aromatic ring is 2. The Bertz CT molecular complexity index is 216. The number of rotatable bonds is 0. The van der Waals surface area contributed by atoms with Crippen molar-refractivity contribution in [2.75, 3.05) is 24.0 Å². The zero-order valence-corrected chi connectivity index (χ0v) is 8.61. The number of aryl methyl sites for hydroxylation is 1. The first kappa shape index (κ1) is 11.2. The first-order valence-electron chi connectivity index (χ1n) is 3.64. The molecule has 1 aromatic carbocycles. The number of hydrogen-bond donors (Lipinski definition) is 2. The van der Waals surface area contributed by atoms with Crippen LogP contribution >= 0.6 is 11.8 Å². The van der Waals surface area contributed by atoms with E-state index in [9.17, 15) is 0 Å². The van der Waals surface area contributed by atoms with Crippen LogP contribution in [0.5, 0.6) is 0 Å². The van der Waals surface area contributed by atoms with Gasteiger partial charge in [0, 0.05) is 0 Å². The van der Waals surface area contributed by atoms with Gasteiger partial charge in [0.2, 0.25) is 0 Å². The molecule has 0 aliphatic carbocycles. The molecule has 1 aromatic rings. The van der Waals surface area contributed by atoms with Crippen molar-refractivity contribution in [1.29, 1.82) is 0 Å². The Balaban J connectivity index is 0.000000354. The maximum Gasteiger partial charge on any atom is 0.0577 e. The highest BCUT2D eigenvalue weighted by atomic mass is 32.2. The van der Waals surface area contributed by atoms with Gasteiger partial charge in [0.15, 0.2) is 0 Å². The quantitative estimate of drug-likeness (QED) is 0.607. The van der Waals surface area contributed by atoms with Crippen molar-refractivity contribution < 1.29 is 0 Å². The second-order valence-corrected chi connectivity index (χ2v) is 3.30. The Morgan fingerprint density at radius 2 is 1.67 bits per heavy atom. The van der Waals surface area contributed by atoms with Crippen molar-refractivity contribution in [1.82, 2.24) is 0 Å². The molecule has 0 atom stereocenters. The van der Waals surface area contributed by atoms with Crippen LogP contribution in [0.15, 0.2) is 18.2 Å². The molecule has 68 valence electrons. The molecule has 2 nitrogen and oxygen atoms in total. The highest BCUT2D eigenvalue weighted by Gasteiger charge is 1.93. The second kappa shape index (κ2) is 5.77. The van der Waals surface area contributed by atoms with Gasteiger partial charge in [-0.1, -0.05) is 12.1 Å². The molecule has 0 amide bonds. The number of hydrogen-bond acceptors (Lipinski definition) is 3. The molecular weight excluding hydrogens is 168 g/mol. The standard InChI is InChI=1S/C7H10N2.C2H6S/c1-5-3-2-4-6(8)7(5)9;1-3-2/h2-4H,8-9H2,1H3;1-2H3. The fourth-order valence-corrected chi connectivity index (χ4v) is 0.703. The minimum Gasteiger partial charge on any atom is -0.397 e. The molecule has 0 bridgehead atoms. The predicted octanol–water partition coefficient (Wildman–Crippen LogP) is 2.14. The highest BCUT2D eigenvalue weighted by molar-refractivity contribution is 7.97. The molecular formula is C9H16N2S. The van der Waals surface area contributed by atoms with Gasteiger partial charge in [0.1, 0.15) is 0 Å². The largest absolute Gasteiger partial charge is 0.397 e. The maximum absolute atomic E-state index is 5.56. The lowest BCUT2D eigenvalue weighted by atomic mass is 10.2. The number of thioether (sulfide) groups is 1. The highest BCUT2D eigenvalue weighted by Crippen LogP contribution is 2.17. The van der Waals surface area contributed by atoms with Gasteiger partial charge < -0.3 is 11.5 Å². The van der Waals surface area contributed by atoms with E-state index in [2.05, 4.69) is 0 Å². The van der Waals surface area contributed by atoms with Gasteiger partial charge in [0.25, 0.3) is 0 Å². The van der Waals surface area contributed by atoms with E-state index in [1.54, 1.807) is 17.8 Å². The molecule has 0 heterocycles. The molecule has 1 rings (SSSR count). The lowest BCUT2D eigenvalue weighted by molar-refractivity contribution is 1.47. The first-order chi connectivity index (χ1) is 5.63. The van der Waals surface area contributed by atoms with Crippen LogP contribution in [0, 0.1) is 6.92 Å². The van der Waals surface area contributed by atoms with Crippen LogP contribution in [-0.4, -0.2) is 12.5 Å². The zero-order valence-electron chi connectivity index (χ0n) is 7.79. The van der Waals surface area contributed by atoms with E-state index in [0.717, 1.165) is 5.56 Å². The van der Waals surface area contributed by atoms with E-state index in [0.29, 0.717) is 11.4 Å². The van der Waals surface area contributed by atoms with Gasteiger partial charge in [-0.3, -0.25) is 0 Å². The van der Waals surface area contributed by atoms with E-state index >= 15 is 0 Å². The Hall–Kier alpha value is -0.830. The number of benzene rings is 1. The molecule has 0 aromatic heterocycles. The molecule has 0 radical (unpaired) electrons. The molecule has 0 aliphatic rings. The molecule has 0 saturated heterocycles. The summed E-state index contributed by atoms with van der Waals surface area (Å²) >= 11 is 1.75. The van der Waals surface area contributed by atoms with Crippen LogP contribution in [0.3, 0.4) is 0 Å². The van der Waals surface area contributed by atoms with Crippen LogP contribution in [0.4, 0.5) is 11.4 Å². The molecule has 0 unspecified atom stereocenters. The van der Waals surface area contributed by atoms with E-state index in [4.69, 9.17) is 11.5 Å². The van der Waals surface area contributed by atoms with Crippen LogP contribution < -0.4 is 11.5 Å². The number of anilines is 2. The van der Waals surface area contributed by atoms with Gasteiger partial charge in [-0.15, -0.1) is 0 Å². The van der Waals surface area contributed by atoms with Crippen molar-refractivity contribution in [2.24, 2.45) is 0 Å². The van der Waals surface area contributed by atoms with Crippen LogP contribution in [0.2, 0.25) is 0 Å². The molecule has 4 N–H and O–H groups in total. The molecule has 12 heavy (non-hydrogen) atoms. The third-order valence-electron chi connectivity index (χ3n) is 1.36. The minimum atomic E-state index is 0.662.